The number of sulfonamides is 1. The molecule has 0 bridgehead atoms. The summed E-state index contributed by atoms with van der Waals surface area (Å²) >= 11 is 3.13. The largest absolute Gasteiger partial charge is 0.481 e. The van der Waals surface area contributed by atoms with Gasteiger partial charge in [0.25, 0.3) is 0 Å². The zero-order valence-electron chi connectivity index (χ0n) is 9.05. The number of hydrogen-bond acceptors (Lipinski definition) is 3. The van der Waals surface area contributed by atoms with Crippen LogP contribution in [-0.2, 0) is 14.8 Å². The lowest BCUT2D eigenvalue weighted by atomic mass is 10.2. The Morgan fingerprint density at radius 2 is 2.06 bits per heavy atom. The maximum absolute atomic E-state index is 11.8. The first-order chi connectivity index (χ1) is 7.84. The van der Waals surface area contributed by atoms with Crippen LogP contribution in [0.25, 0.3) is 0 Å². The van der Waals surface area contributed by atoms with Crippen LogP contribution in [0.2, 0.25) is 0 Å². The van der Waals surface area contributed by atoms with Crippen molar-refractivity contribution in [3.63, 3.8) is 0 Å². The topological polar surface area (TPSA) is 83.5 Å². The van der Waals surface area contributed by atoms with Crippen LogP contribution in [0.15, 0.2) is 33.6 Å². The second-order valence-corrected chi connectivity index (χ2v) is 6.11. The summed E-state index contributed by atoms with van der Waals surface area (Å²) in [5.74, 6) is -1.81. The molecule has 1 unspecified atom stereocenters. The van der Waals surface area contributed by atoms with E-state index < -0.39 is 21.9 Å². The smallest absolute Gasteiger partial charge is 0.307 e. The maximum Gasteiger partial charge on any atom is 0.307 e. The number of hydrogen-bond donors (Lipinski definition) is 2. The maximum atomic E-state index is 11.8. The van der Waals surface area contributed by atoms with Gasteiger partial charge in [0.15, 0.2) is 0 Å². The Labute approximate surface area is 108 Å². The van der Waals surface area contributed by atoms with Crippen LogP contribution in [0, 0.1) is 5.92 Å². The molecule has 7 heteroatoms. The highest BCUT2D eigenvalue weighted by Gasteiger charge is 2.19. The van der Waals surface area contributed by atoms with Crippen molar-refractivity contribution in [1.82, 2.24) is 4.72 Å². The molecule has 1 aromatic carbocycles. The van der Waals surface area contributed by atoms with Crippen molar-refractivity contribution in [1.29, 1.82) is 0 Å². The molecule has 0 spiro atoms. The van der Waals surface area contributed by atoms with E-state index in [1.807, 2.05) is 0 Å². The van der Waals surface area contributed by atoms with Crippen molar-refractivity contribution >= 4 is 31.9 Å². The van der Waals surface area contributed by atoms with Gasteiger partial charge in [0, 0.05) is 11.0 Å². The fourth-order valence-corrected chi connectivity index (χ4v) is 3.19. The second-order valence-electron chi connectivity index (χ2n) is 3.52. The molecule has 0 radical (unpaired) electrons. The summed E-state index contributed by atoms with van der Waals surface area (Å²) in [6.45, 7) is 1.30. The molecule has 5 nitrogen and oxygen atoms in total. The van der Waals surface area contributed by atoms with Crippen molar-refractivity contribution in [2.75, 3.05) is 6.54 Å². The number of carbonyl (C=O) groups is 1. The molecule has 1 aromatic rings. The number of aliphatic carboxylic acids is 1. The zero-order chi connectivity index (χ0) is 13.1. The predicted octanol–water partition coefficient (Wildman–Crippen LogP) is 1.45. The van der Waals surface area contributed by atoms with E-state index >= 15 is 0 Å². The minimum absolute atomic E-state index is 0.0950. The van der Waals surface area contributed by atoms with E-state index in [4.69, 9.17) is 5.11 Å². The molecule has 0 aliphatic rings. The Morgan fingerprint density at radius 1 is 1.47 bits per heavy atom. The van der Waals surface area contributed by atoms with Crippen LogP contribution in [0.3, 0.4) is 0 Å². The third-order valence-corrected chi connectivity index (χ3v) is 4.56. The van der Waals surface area contributed by atoms with E-state index in [1.165, 1.54) is 13.0 Å². The molecule has 0 amide bonds. The molecular formula is C10H12BrNO4S. The van der Waals surface area contributed by atoms with Crippen molar-refractivity contribution in [2.24, 2.45) is 5.92 Å². The number of carboxylic acid groups (broad SMARTS) is 1. The van der Waals surface area contributed by atoms with Gasteiger partial charge in [-0.15, -0.1) is 0 Å². The Kier molecular flexibility index (Phi) is 4.67. The van der Waals surface area contributed by atoms with Gasteiger partial charge in [0.2, 0.25) is 10.0 Å². The quantitative estimate of drug-likeness (QED) is 0.859. The summed E-state index contributed by atoms with van der Waals surface area (Å²) in [7, 11) is -3.68. The van der Waals surface area contributed by atoms with Crippen LogP contribution in [-0.4, -0.2) is 26.0 Å². The summed E-state index contributed by atoms with van der Waals surface area (Å²) in [5, 5.41) is 8.66. The fraction of sp³-hybridized carbons (Fsp3) is 0.300. The Bertz CT molecular complexity index is 515. The number of benzene rings is 1. The van der Waals surface area contributed by atoms with E-state index in [0.717, 1.165) is 0 Å². The SMILES string of the molecule is CC(CNS(=O)(=O)c1ccccc1Br)C(=O)O. The van der Waals surface area contributed by atoms with Crippen molar-refractivity contribution < 1.29 is 18.3 Å². The van der Waals surface area contributed by atoms with Crippen LogP contribution in [0.1, 0.15) is 6.92 Å². The average molecular weight is 322 g/mol. The minimum atomic E-state index is -3.68. The van der Waals surface area contributed by atoms with Gasteiger partial charge in [-0.1, -0.05) is 19.1 Å². The lowest BCUT2D eigenvalue weighted by Gasteiger charge is -2.10. The monoisotopic (exact) mass is 321 g/mol. The van der Waals surface area contributed by atoms with Crippen molar-refractivity contribution in [3.05, 3.63) is 28.7 Å². The molecule has 0 aliphatic carbocycles. The van der Waals surface area contributed by atoms with Gasteiger partial charge in [0.05, 0.1) is 10.8 Å². The van der Waals surface area contributed by atoms with Crippen LogP contribution in [0.4, 0.5) is 0 Å². The van der Waals surface area contributed by atoms with Crippen molar-refractivity contribution in [2.45, 2.75) is 11.8 Å². The molecule has 94 valence electrons. The highest BCUT2D eigenvalue weighted by molar-refractivity contribution is 9.10. The van der Waals surface area contributed by atoms with Crippen LogP contribution in [0.5, 0.6) is 0 Å². The van der Waals surface area contributed by atoms with E-state index in [2.05, 4.69) is 20.7 Å². The van der Waals surface area contributed by atoms with Gasteiger partial charge in [0.1, 0.15) is 0 Å². The molecule has 1 atom stereocenters. The number of halogens is 1. The van der Waals surface area contributed by atoms with Gasteiger partial charge in [-0.05, 0) is 28.1 Å². The Hall–Kier alpha value is -0.920. The molecule has 0 heterocycles. The molecule has 17 heavy (non-hydrogen) atoms. The third kappa shape index (κ3) is 3.79. The normalized spacial score (nSPS) is 13.3. The van der Waals surface area contributed by atoms with Crippen molar-refractivity contribution in [3.8, 4) is 0 Å². The fourth-order valence-electron chi connectivity index (χ4n) is 1.06. The summed E-state index contributed by atoms with van der Waals surface area (Å²) in [5.41, 5.74) is 0. The highest BCUT2D eigenvalue weighted by atomic mass is 79.9. The summed E-state index contributed by atoms with van der Waals surface area (Å²) < 4.78 is 26.4. The number of carboxylic acids is 1. The van der Waals surface area contributed by atoms with Crippen LogP contribution >= 0.6 is 15.9 Å². The lowest BCUT2D eigenvalue weighted by molar-refractivity contribution is -0.140. The minimum Gasteiger partial charge on any atom is -0.481 e. The molecule has 0 fully saturated rings. The molecule has 0 saturated carbocycles. The standard InChI is InChI=1S/C10H12BrNO4S/c1-7(10(13)14)6-12-17(15,16)9-5-3-2-4-8(9)11/h2-5,7,12H,6H2,1H3,(H,13,14). The molecule has 0 saturated heterocycles. The zero-order valence-corrected chi connectivity index (χ0v) is 11.5. The lowest BCUT2D eigenvalue weighted by Crippen LogP contribution is -2.31. The first-order valence-corrected chi connectivity index (χ1v) is 7.09. The molecular weight excluding hydrogens is 310 g/mol. The Balaban J connectivity index is 2.84. The van der Waals surface area contributed by atoms with Gasteiger partial charge < -0.3 is 5.11 Å². The third-order valence-electron chi connectivity index (χ3n) is 2.13. The summed E-state index contributed by atoms with van der Waals surface area (Å²) in [4.78, 5) is 10.7. The van der Waals surface area contributed by atoms with Gasteiger partial charge in [-0.25, -0.2) is 13.1 Å². The van der Waals surface area contributed by atoms with Crippen LogP contribution < -0.4 is 4.72 Å². The van der Waals surface area contributed by atoms with E-state index in [1.54, 1.807) is 18.2 Å². The van der Waals surface area contributed by atoms with E-state index in [-0.39, 0.29) is 11.4 Å². The molecule has 0 aromatic heterocycles. The number of rotatable bonds is 5. The second kappa shape index (κ2) is 5.61. The number of nitrogens with one attached hydrogen (secondary N) is 1. The molecule has 2 N–H and O–H groups in total. The van der Waals surface area contributed by atoms with E-state index in [9.17, 15) is 13.2 Å². The predicted molar refractivity (Wildman–Crippen MR) is 66.1 cm³/mol. The molecule has 0 aliphatic heterocycles. The average Bonchev–Trinajstić information content (AvgIpc) is 2.26. The van der Waals surface area contributed by atoms with Gasteiger partial charge in [-0.2, -0.15) is 0 Å². The van der Waals surface area contributed by atoms with E-state index in [0.29, 0.717) is 4.47 Å². The molecule has 1 rings (SSSR count). The Morgan fingerprint density at radius 3 is 2.59 bits per heavy atom. The summed E-state index contributed by atoms with van der Waals surface area (Å²) in [6.07, 6.45) is 0. The highest BCUT2D eigenvalue weighted by Crippen LogP contribution is 2.20. The van der Waals surface area contributed by atoms with Gasteiger partial charge >= 0.3 is 5.97 Å². The first kappa shape index (κ1) is 14.1. The first-order valence-electron chi connectivity index (χ1n) is 4.81. The summed E-state index contributed by atoms with van der Waals surface area (Å²) in [6, 6.07) is 6.34. The van der Waals surface area contributed by atoms with Gasteiger partial charge in [-0.3, -0.25) is 4.79 Å².